The second-order valence-electron chi connectivity index (χ2n) is 6.09. The van der Waals surface area contributed by atoms with Gasteiger partial charge in [0, 0.05) is 9.50 Å². The molecule has 0 N–H and O–H groups in total. The van der Waals surface area contributed by atoms with Crippen LogP contribution >= 0.6 is 27.5 Å². The van der Waals surface area contributed by atoms with E-state index in [-0.39, 0.29) is 0 Å². The summed E-state index contributed by atoms with van der Waals surface area (Å²) < 4.78 is 1.14. The molecule has 0 aromatic heterocycles. The van der Waals surface area contributed by atoms with Crippen molar-refractivity contribution >= 4 is 59.8 Å². The Balaban J connectivity index is 1.97. The monoisotopic (exact) mass is 390 g/mol. The zero-order valence-corrected chi connectivity index (χ0v) is 15.0. The number of hydrogen-bond donors (Lipinski definition) is 0. The Morgan fingerprint density at radius 3 is 1.92 bits per heavy atom. The van der Waals surface area contributed by atoms with Crippen LogP contribution in [0.5, 0.6) is 0 Å². The first-order valence-corrected chi connectivity index (χ1v) is 9.01. The molecule has 0 bridgehead atoms. The lowest BCUT2D eigenvalue weighted by Gasteiger charge is -2.15. The Labute approximate surface area is 153 Å². The molecule has 0 radical (unpaired) electrons. The summed E-state index contributed by atoms with van der Waals surface area (Å²) in [6, 6.07) is 25.7. The summed E-state index contributed by atoms with van der Waals surface area (Å²) in [5.74, 6) is 0. The molecule has 0 nitrogen and oxygen atoms in total. The maximum atomic E-state index is 6.05. The standard InChI is InChI=1S/C22H12BrCl/c23-20-12-6-15-4-10-18-17(13-1-7-16(24)8-2-13)9-3-14-5-11-19(20)22(15)21(14)18/h1-12H. The van der Waals surface area contributed by atoms with Crippen molar-refractivity contribution in [1.82, 2.24) is 0 Å². The number of hydrogen-bond acceptors (Lipinski definition) is 0. The molecule has 114 valence electrons. The summed E-state index contributed by atoms with van der Waals surface area (Å²) in [5.41, 5.74) is 2.44. The molecule has 0 aliphatic heterocycles. The summed E-state index contributed by atoms with van der Waals surface area (Å²) in [4.78, 5) is 0. The predicted octanol–water partition coefficient (Wildman–Crippen LogP) is 7.67. The van der Waals surface area contributed by atoms with Gasteiger partial charge in [-0.2, -0.15) is 0 Å². The topological polar surface area (TPSA) is 0 Å². The molecule has 0 atom stereocenters. The van der Waals surface area contributed by atoms with Gasteiger partial charge in [0.2, 0.25) is 0 Å². The van der Waals surface area contributed by atoms with E-state index in [9.17, 15) is 0 Å². The average molecular weight is 392 g/mol. The molecular formula is C22H12BrCl. The van der Waals surface area contributed by atoms with E-state index < -0.39 is 0 Å². The number of benzene rings is 5. The van der Waals surface area contributed by atoms with Crippen molar-refractivity contribution in [1.29, 1.82) is 0 Å². The highest BCUT2D eigenvalue weighted by Crippen LogP contribution is 2.41. The van der Waals surface area contributed by atoms with Gasteiger partial charge in [0.15, 0.2) is 0 Å². The van der Waals surface area contributed by atoms with E-state index in [2.05, 4.69) is 76.6 Å². The average Bonchev–Trinajstić information content (AvgIpc) is 2.62. The lowest BCUT2D eigenvalue weighted by Crippen LogP contribution is -1.87. The summed E-state index contributed by atoms with van der Waals surface area (Å²) in [7, 11) is 0. The van der Waals surface area contributed by atoms with Gasteiger partial charge >= 0.3 is 0 Å². The minimum Gasteiger partial charge on any atom is -0.0843 e. The zero-order chi connectivity index (χ0) is 16.3. The summed E-state index contributed by atoms with van der Waals surface area (Å²) in [5, 5.41) is 8.53. The fourth-order valence-electron chi connectivity index (χ4n) is 3.65. The van der Waals surface area contributed by atoms with E-state index >= 15 is 0 Å². The predicted molar refractivity (Wildman–Crippen MR) is 108 cm³/mol. The molecule has 0 aliphatic carbocycles. The summed E-state index contributed by atoms with van der Waals surface area (Å²) in [6.07, 6.45) is 0. The molecule has 5 aromatic rings. The third-order valence-electron chi connectivity index (χ3n) is 4.77. The SMILES string of the molecule is Clc1ccc(-c2ccc3ccc4c(Br)ccc5ccc2c3c54)cc1. The molecule has 24 heavy (non-hydrogen) atoms. The molecule has 0 fully saturated rings. The van der Waals surface area contributed by atoms with Gasteiger partial charge in [0.1, 0.15) is 0 Å². The zero-order valence-electron chi connectivity index (χ0n) is 12.7. The molecule has 5 rings (SSSR count). The molecule has 0 saturated heterocycles. The van der Waals surface area contributed by atoms with Gasteiger partial charge in [-0.1, -0.05) is 82.1 Å². The van der Waals surface area contributed by atoms with Crippen LogP contribution in [-0.4, -0.2) is 0 Å². The highest BCUT2D eigenvalue weighted by atomic mass is 79.9. The molecule has 5 aromatic carbocycles. The first kappa shape index (κ1) is 14.3. The van der Waals surface area contributed by atoms with E-state index in [0.717, 1.165) is 9.50 Å². The number of rotatable bonds is 1. The molecular weight excluding hydrogens is 380 g/mol. The minimum atomic E-state index is 0.764. The van der Waals surface area contributed by atoms with Gasteiger partial charge in [0.25, 0.3) is 0 Å². The van der Waals surface area contributed by atoms with Gasteiger partial charge < -0.3 is 0 Å². The molecule has 0 spiro atoms. The van der Waals surface area contributed by atoms with Crippen molar-refractivity contribution in [3.05, 3.63) is 82.3 Å². The molecule has 0 amide bonds. The third kappa shape index (κ3) is 1.98. The van der Waals surface area contributed by atoms with Crippen LogP contribution in [0.3, 0.4) is 0 Å². The van der Waals surface area contributed by atoms with Crippen molar-refractivity contribution in [3.63, 3.8) is 0 Å². The Morgan fingerprint density at radius 2 is 1.17 bits per heavy atom. The van der Waals surface area contributed by atoms with E-state index in [1.54, 1.807) is 0 Å². The molecule has 0 heterocycles. The van der Waals surface area contributed by atoms with E-state index in [0.29, 0.717) is 0 Å². The highest BCUT2D eigenvalue weighted by molar-refractivity contribution is 9.10. The van der Waals surface area contributed by atoms with Crippen LogP contribution < -0.4 is 0 Å². The van der Waals surface area contributed by atoms with Crippen LogP contribution in [0.15, 0.2) is 77.3 Å². The second-order valence-corrected chi connectivity index (χ2v) is 7.38. The molecule has 0 aliphatic rings. The van der Waals surface area contributed by atoms with Crippen LogP contribution in [0, 0.1) is 0 Å². The summed E-state index contributed by atoms with van der Waals surface area (Å²) in [6.45, 7) is 0. The van der Waals surface area contributed by atoms with Gasteiger partial charge in [-0.25, -0.2) is 0 Å². The van der Waals surface area contributed by atoms with Crippen molar-refractivity contribution < 1.29 is 0 Å². The Hall–Kier alpha value is -2.09. The largest absolute Gasteiger partial charge is 0.0843 e. The van der Waals surface area contributed by atoms with Crippen LogP contribution in [0.1, 0.15) is 0 Å². The van der Waals surface area contributed by atoms with Crippen molar-refractivity contribution in [2.24, 2.45) is 0 Å². The summed E-state index contributed by atoms with van der Waals surface area (Å²) >= 11 is 9.75. The first-order valence-electron chi connectivity index (χ1n) is 7.84. The van der Waals surface area contributed by atoms with Crippen LogP contribution in [0.25, 0.3) is 43.4 Å². The maximum Gasteiger partial charge on any atom is 0.0406 e. The lowest BCUT2D eigenvalue weighted by molar-refractivity contribution is 1.66. The molecule has 2 heteroatoms. The van der Waals surface area contributed by atoms with Gasteiger partial charge in [-0.15, -0.1) is 0 Å². The normalized spacial score (nSPS) is 11.8. The van der Waals surface area contributed by atoms with Crippen LogP contribution in [0.4, 0.5) is 0 Å². The Kier molecular flexibility index (Phi) is 3.09. The third-order valence-corrected chi connectivity index (χ3v) is 5.71. The van der Waals surface area contributed by atoms with Gasteiger partial charge in [-0.3, -0.25) is 0 Å². The quantitative estimate of drug-likeness (QED) is 0.257. The van der Waals surface area contributed by atoms with E-state index in [4.69, 9.17) is 11.6 Å². The van der Waals surface area contributed by atoms with Gasteiger partial charge in [0.05, 0.1) is 0 Å². The fraction of sp³-hybridized carbons (Fsp3) is 0. The first-order chi connectivity index (χ1) is 11.7. The van der Waals surface area contributed by atoms with Crippen LogP contribution in [0.2, 0.25) is 5.02 Å². The lowest BCUT2D eigenvalue weighted by atomic mass is 9.90. The van der Waals surface area contributed by atoms with Crippen molar-refractivity contribution in [3.8, 4) is 11.1 Å². The van der Waals surface area contributed by atoms with Crippen molar-refractivity contribution in [2.45, 2.75) is 0 Å². The highest BCUT2D eigenvalue weighted by Gasteiger charge is 2.13. The Morgan fingerprint density at radius 1 is 0.583 bits per heavy atom. The second kappa shape index (κ2) is 5.20. The van der Waals surface area contributed by atoms with E-state index in [1.165, 1.54) is 43.4 Å². The van der Waals surface area contributed by atoms with Crippen molar-refractivity contribution in [2.75, 3.05) is 0 Å². The smallest absolute Gasteiger partial charge is 0.0406 e. The molecule has 0 unspecified atom stereocenters. The minimum absolute atomic E-state index is 0.764. The number of halogens is 2. The van der Waals surface area contributed by atoms with Gasteiger partial charge in [-0.05, 0) is 61.6 Å². The maximum absolute atomic E-state index is 6.05. The van der Waals surface area contributed by atoms with Crippen LogP contribution in [-0.2, 0) is 0 Å². The molecule has 0 saturated carbocycles. The van der Waals surface area contributed by atoms with E-state index in [1.807, 2.05) is 12.1 Å². The Bertz CT molecular complexity index is 1210. The fourth-order valence-corrected chi connectivity index (χ4v) is 4.24.